The van der Waals surface area contributed by atoms with E-state index in [2.05, 4.69) is 10.3 Å². The molecule has 0 aliphatic rings. The highest BCUT2D eigenvalue weighted by Gasteiger charge is 2.09. The van der Waals surface area contributed by atoms with Crippen LogP contribution in [0.15, 0.2) is 29.6 Å². The van der Waals surface area contributed by atoms with Crippen LogP contribution in [-0.4, -0.2) is 16.7 Å². The zero-order chi connectivity index (χ0) is 13.8. The Hall–Kier alpha value is -1.72. The first-order valence-electron chi connectivity index (χ1n) is 5.55. The number of nitrogens with one attached hydrogen (secondary N) is 1. The molecule has 0 fully saturated rings. The van der Waals surface area contributed by atoms with E-state index < -0.39 is 0 Å². The minimum Gasteiger partial charge on any atom is -0.302 e. The number of carbonyl (C=O) groups is 2. The van der Waals surface area contributed by atoms with Gasteiger partial charge in [0.15, 0.2) is 10.9 Å². The number of rotatable bonds is 4. The van der Waals surface area contributed by atoms with E-state index in [1.165, 1.54) is 18.3 Å². The Morgan fingerprint density at radius 3 is 2.84 bits per heavy atom. The second kappa shape index (κ2) is 5.95. The summed E-state index contributed by atoms with van der Waals surface area (Å²) in [5, 5.41) is 5.30. The summed E-state index contributed by atoms with van der Waals surface area (Å²) in [5.41, 5.74) is 1.19. The number of hydrogen-bond donors (Lipinski definition) is 1. The summed E-state index contributed by atoms with van der Waals surface area (Å²) in [7, 11) is 0. The van der Waals surface area contributed by atoms with Crippen LogP contribution in [0, 0.1) is 0 Å². The molecule has 2 aromatic rings. The molecule has 0 spiro atoms. The van der Waals surface area contributed by atoms with Crippen LogP contribution < -0.4 is 5.32 Å². The van der Waals surface area contributed by atoms with Gasteiger partial charge < -0.3 is 5.32 Å². The second-order valence-corrected chi connectivity index (χ2v) is 5.24. The van der Waals surface area contributed by atoms with E-state index in [-0.39, 0.29) is 18.1 Å². The smallest absolute Gasteiger partial charge is 0.230 e. The van der Waals surface area contributed by atoms with Crippen LogP contribution in [0.25, 0.3) is 0 Å². The van der Waals surface area contributed by atoms with E-state index in [0.717, 1.165) is 5.56 Å². The van der Waals surface area contributed by atoms with Gasteiger partial charge in [-0.2, -0.15) is 0 Å². The van der Waals surface area contributed by atoms with Gasteiger partial charge in [0.2, 0.25) is 5.91 Å². The number of carbonyl (C=O) groups excluding carboxylic acids is 2. The number of thiazole rings is 1. The van der Waals surface area contributed by atoms with Crippen LogP contribution in [0.4, 0.5) is 5.13 Å². The number of hydrogen-bond acceptors (Lipinski definition) is 4. The molecule has 1 aromatic carbocycles. The van der Waals surface area contributed by atoms with Crippen LogP contribution in [0.1, 0.15) is 23.0 Å². The minimum absolute atomic E-state index is 0.119. The number of benzene rings is 1. The maximum Gasteiger partial charge on any atom is 0.230 e. The molecule has 0 aliphatic carbocycles. The standard InChI is InChI=1S/C13H11ClN2O2S/c1-8(17)11-7-19-13(15-11)16-12(18)6-9-3-2-4-10(14)5-9/h2-5,7H,6H2,1H3,(H,15,16,18). The number of halogens is 1. The molecular formula is C13H11ClN2O2S. The predicted molar refractivity (Wildman–Crippen MR) is 75.9 cm³/mol. The Kier molecular flexibility index (Phi) is 4.29. The van der Waals surface area contributed by atoms with Gasteiger partial charge in [-0.15, -0.1) is 11.3 Å². The number of ketones is 1. The highest BCUT2D eigenvalue weighted by atomic mass is 35.5. The molecule has 0 saturated heterocycles. The molecular weight excluding hydrogens is 284 g/mol. The van der Waals surface area contributed by atoms with Crippen molar-refractivity contribution in [3.63, 3.8) is 0 Å². The predicted octanol–water partition coefficient (Wildman–Crippen LogP) is 3.18. The van der Waals surface area contributed by atoms with Gasteiger partial charge in [0, 0.05) is 17.3 Å². The molecule has 1 aromatic heterocycles. The summed E-state index contributed by atoms with van der Waals surface area (Å²) in [6, 6.07) is 7.11. The Labute approximate surface area is 119 Å². The van der Waals surface area contributed by atoms with Crippen LogP contribution in [0.2, 0.25) is 5.02 Å². The summed E-state index contributed by atoms with van der Waals surface area (Å²) in [5.74, 6) is -0.307. The molecule has 0 atom stereocenters. The molecule has 4 nitrogen and oxygen atoms in total. The maximum absolute atomic E-state index is 11.8. The summed E-state index contributed by atoms with van der Waals surface area (Å²) in [6.45, 7) is 1.44. The molecule has 0 unspecified atom stereocenters. The third-order valence-corrected chi connectivity index (χ3v) is 3.36. The zero-order valence-corrected chi connectivity index (χ0v) is 11.7. The van der Waals surface area contributed by atoms with E-state index in [4.69, 9.17) is 11.6 Å². The first-order valence-corrected chi connectivity index (χ1v) is 6.81. The van der Waals surface area contributed by atoms with Gasteiger partial charge in [0.1, 0.15) is 5.69 Å². The van der Waals surface area contributed by atoms with Crippen LogP contribution in [0.3, 0.4) is 0 Å². The maximum atomic E-state index is 11.8. The molecule has 1 amide bonds. The van der Waals surface area contributed by atoms with Crippen molar-refractivity contribution < 1.29 is 9.59 Å². The Morgan fingerprint density at radius 1 is 1.42 bits per heavy atom. The van der Waals surface area contributed by atoms with E-state index in [0.29, 0.717) is 15.8 Å². The third-order valence-electron chi connectivity index (χ3n) is 2.36. The number of aromatic nitrogens is 1. The number of anilines is 1. The van der Waals surface area contributed by atoms with Gasteiger partial charge in [0.05, 0.1) is 6.42 Å². The Balaban J connectivity index is 1.99. The lowest BCUT2D eigenvalue weighted by Gasteiger charge is -2.02. The summed E-state index contributed by atoms with van der Waals surface area (Å²) >= 11 is 7.08. The van der Waals surface area contributed by atoms with Crippen LogP contribution in [0.5, 0.6) is 0 Å². The van der Waals surface area contributed by atoms with Crippen molar-refractivity contribution in [1.29, 1.82) is 0 Å². The van der Waals surface area contributed by atoms with E-state index in [9.17, 15) is 9.59 Å². The largest absolute Gasteiger partial charge is 0.302 e. The number of amides is 1. The highest BCUT2D eigenvalue weighted by Crippen LogP contribution is 2.17. The van der Waals surface area contributed by atoms with Crippen molar-refractivity contribution in [2.45, 2.75) is 13.3 Å². The molecule has 19 heavy (non-hydrogen) atoms. The lowest BCUT2D eigenvalue weighted by Crippen LogP contribution is -2.14. The van der Waals surface area contributed by atoms with E-state index in [1.54, 1.807) is 23.6 Å². The lowest BCUT2D eigenvalue weighted by atomic mass is 10.1. The van der Waals surface area contributed by atoms with Crippen LogP contribution >= 0.6 is 22.9 Å². The van der Waals surface area contributed by atoms with Gasteiger partial charge in [0.25, 0.3) is 0 Å². The van der Waals surface area contributed by atoms with Gasteiger partial charge in [-0.1, -0.05) is 23.7 Å². The second-order valence-electron chi connectivity index (χ2n) is 3.95. The van der Waals surface area contributed by atoms with Crippen molar-refractivity contribution >= 4 is 39.8 Å². The highest BCUT2D eigenvalue weighted by molar-refractivity contribution is 7.14. The van der Waals surface area contributed by atoms with Crippen molar-refractivity contribution in [2.75, 3.05) is 5.32 Å². The fourth-order valence-corrected chi connectivity index (χ4v) is 2.47. The molecule has 2 rings (SSSR count). The number of nitrogens with zero attached hydrogens (tertiary/aromatic N) is 1. The topological polar surface area (TPSA) is 59.1 Å². The Bertz CT molecular complexity index is 625. The molecule has 98 valence electrons. The molecule has 1 N–H and O–H groups in total. The van der Waals surface area contributed by atoms with E-state index >= 15 is 0 Å². The molecule has 0 saturated carbocycles. The normalized spacial score (nSPS) is 10.2. The lowest BCUT2D eigenvalue weighted by molar-refractivity contribution is -0.115. The Morgan fingerprint density at radius 2 is 2.21 bits per heavy atom. The molecule has 0 bridgehead atoms. The van der Waals surface area contributed by atoms with E-state index in [1.807, 2.05) is 6.07 Å². The minimum atomic E-state index is -0.188. The van der Waals surface area contributed by atoms with Crippen molar-refractivity contribution in [3.05, 3.63) is 45.9 Å². The summed E-state index contributed by atoms with van der Waals surface area (Å²) in [4.78, 5) is 26.9. The van der Waals surface area contributed by atoms with Crippen LogP contribution in [-0.2, 0) is 11.2 Å². The van der Waals surface area contributed by atoms with Gasteiger partial charge >= 0.3 is 0 Å². The average molecular weight is 295 g/mol. The fraction of sp³-hybridized carbons (Fsp3) is 0.154. The average Bonchev–Trinajstić information content (AvgIpc) is 2.77. The fourth-order valence-electron chi connectivity index (χ4n) is 1.49. The van der Waals surface area contributed by atoms with Crippen molar-refractivity contribution in [3.8, 4) is 0 Å². The zero-order valence-electron chi connectivity index (χ0n) is 10.1. The monoisotopic (exact) mass is 294 g/mol. The SMILES string of the molecule is CC(=O)c1csc(NC(=O)Cc2cccc(Cl)c2)n1. The molecule has 0 radical (unpaired) electrons. The van der Waals surface area contributed by atoms with Gasteiger partial charge in [-0.25, -0.2) is 4.98 Å². The molecule has 1 heterocycles. The van der Waals surface area contributed by atoms with Crippen molar-refractivity contribution in [2.24, 2.45) is 0 Å². The first-order chi connectivity index (χ1) is 9.04. The number of Topliss-reactive ketones (excluding diaryl/α,β-unsaturated/α-hetero) is 1. The summed E-state index contributed by atoms with van der Waals surface area (Å²) < 4.78 is 0. The molecule has 6 heteroatoms. The first kappa shape index (κ1) is 13.7. The van der Waals surface area contributed by atoms with Crippen molar-refractivity contribution in [1.82, 2.24) is 4.98 Å². The van der Waals surface area contributed by atoms with Gasteiger partial charge in [-0.05, 0) is 17.7 Å². The molecule has 0 aliphatic heterocycles. The third kappa shape index (κ3) is 3.87. The quantitative estimate of drug-likeness (QED) is 0.881. The summed E-state index contributed by atoms with van der Waals surface area (Å²) in [6.07, 6.45) is 0.218. The van der Waals surface area contributed by atoms with Gasteiger partial charge in [-0.3, -0.25) is 9.59 Å².